The van der Waals surface area contributed by atoms with E-state index in [0.717, 1.165) is 12.0 Å². The highest BCUT2D eigenvalue weighted by atomic mass is 16.4. The van der Waals surface area contributed by atoms with E-state index in [0.29, 0.717) is 30.6 Å². The predicted octanol–water partition coefficient (Wildman–Crippen LogP) is 0.471. The molecule has 6 nitrogen and oxygen atoms in total. The van der Waals surface area contributed by atoms with Crippen LogP contribution < -0.4 is 11.5 Å². The lowest BCUT2D eigenvalue weighted by atomic mass is 10.1. The number of nitrogens with zero attached hydrogens (tertiary/aromatic N) is 1. The summed E-state index contributed by atoms with van der Waals surface area (Å²) in [6.07, 6.45) is 1.08. The molecule has 0 radical (unpaired) electrons. The molecule has 0 spiro atoms. The minimum atomic E-state index is -0.456. The van der Waals surface area contributed by atoms with Crippen molar-refractivity contribution >= 4 is 17.0 Å². The molecule has 1 aromatic carbocycles. The third kappa shape index (κ3) is 3.23. The first kappa shape index (κ1) is 13.4. The van der Waals surface area contributed by atoms with Gasteiger partial charge in [-0.05, 0) is 24.1 Å². The number of hydrogen-bond acceptors (Lipinski definition) is 4. The standard InChI is InChI=1S/C13H17N3O3/c1-16(12(17)4-6-14)7-5-9-2-3-11-10(8-9)15-13(18)19-11/h2-3,8H,4-7,14H2,1H3,(H,15,18). The van der Waals surface area contributed by atoms with Crippen molar-refractivity contribution in [3.63, 3.8) is 0 Å². The number of oxazole rings is 1. The lowest BCUT2D eigenvalue weighted by molar-refractivity contribution is -0.129. The number of rotatable bonds is 5. The molecule has 0 unspecified atom stereocenters. The van der Waals surface area contributed by atoms with Crippen LogP contribution in [0.15, 0.2) is 27.4 Å². The van der Waals surface area contributed by atoms with Crippen LogP contribution in [0, 0.1) is 0 Å². The first-order valence-corrected chi connectivity index (χ1v) is 6.16. The van der Waals surface area contributed by atoms with E-state index >= 15 is 0 Å². The van der Waals surface area contributed by atoms with Crippen molar-refractivity contribution in [1.82, 2.24) is 9.88 Å². The van der Waals surface area contributed by atoms with E-state index in [9.17, 15) is 9.59 Å². The fourth-order valence-corrected chi connectivity index (χ4v) is 1.89. The number of fused-ring (bicyclic) bond motifs is 1. The Balaban J connectivity index is 2.01. The number of nitrogens with one attached hydrogen (secondary N) is 1. The maximum atomic E-state index is 11.6. The number of aromatic nitrogens is 1. The minimum absolute atomic E-state index is 0.0419. The van der Waals surface area contributed by atoms with E-state index in [2.05, 4.69) is 4.98 Å². The van der Waals surface area contributed by atoms with Gasteiger partial charge in [0.05, 0.1) is 5.52 Å². The average molecular weight is 263 g/mol. The molecular formula is C13H17N3O3. The molecule has 0 atom stereocenters. The summed E-state index contributed by atoms with van der Waals surface area (Å²) in [6, 6.07) is 5.51. The van der Waals surface area contributed by atoms with Gasteiger partial charge in [-0.2, -0.15) is 0 Å². The lowest BCUT2D eigenvalue weighted by Gasteiger charge is -2.16. The summed E-state index contributed by atoms with van der Waals surface area (Å²) >= 11 is 0. The minimum Gasteiger partial charge on any atom is -0.408 e. The van der Waals surface area contributed by atoms with Crippen LogP contribution in [-0.2, 0) is 11.2 Å². The summed E-state index contributed by atoms with van der Waals surface area (Å²) in [5.41, 5.74) is 7.61. The second-order valence-corrected chi connectivity index (χ2v) is 4.45. The van der Waals surface area contributed by atoms with Crippen LogP contribution in [0.4, 0.5) is 0 Å². The molecule has 0 aliphatic rings. The summed E-state index contributed by atoms with van der Waals surface area (Å²) in [5, 5.41) is 0. The van der Waals surface area contributed by atoms with Gasteiger partial charge in [-0.25, -0.2) is 4.79 Å². The number of likely N-dealkylation sites (N-methyl/N-ethyl adjacent to an activating group) is 1. The van der Waals surface area contributed by atoms with Crippen LogP contribution in [0.2, 0.25) is 0 Å². The van der Waals surface area contributed by atoms with E-state index in [1.807, 2.05) is 12.1 Å². The van der Waals surface area contributed by atoms with Crippen molar-refractivity contribution in [3.05, 3.63) is 34.3 Å². The van der Waals surface area contributed by atoms with Crippen LogP contribution >= 0.6 is 0 Å². The van der Waals surface area contributed by atoms with Gasteiger partial charge in [-0.1, -0.05) is 6.07 Å². The maximum absolute atomic E-state index is 11.6. The third-order valence-electron chi connectivity index (χ3n) is 3.00. The second kappa shape index (κ2) is 5.71. The number of H-pyrrole nitrogens is 1. The van der Waals surface area contributed by atoms with Crippen LogP contribution in [0.1, 0.15) is 12.0 Å². The molecule has 0 aliphatic carbocycles. The molecule has 19 heavy (non-hydrogen) atoms. The number of carbonyl (C=O) groups excluding carboxylic acids is 1. The van der Waals surface area contributed by atoms with Crippen molar-refractivity contribution in [2.24, 2.45) is 5.73 Å². The van der Waals surface area contributed by atoms with Crippen LogP contribution in [0.3, 0.4) is 0 Å². The number of nitrogens with two attached hydrogens (primary N) is 1. The third-order valence-corrected chi connectivity index (χ3v) is 3.00. The summed E-state index contributed by atoms with van der Waals surface area (Å²) in [5.74, 6) is -0.414. The Hall–Kier alpha value is -2.08. The van der Waals surface area contributed by atoms with Gasteiger partial charge in [-0.3, -0.25) is 9.78 Å². The average Bonchev–Trinajstić information content (AvgIpc) is 2.75. The molecule has 1 amide bonds. The van der Waals surface area contributed by atoms with Gasteiger partial charge in [0.2, 0.25) is 5.91 Å². The molecule has 0 fully saturated rings. The van der Waals surface area contributed by atoms with Gasteiger partial charge in [-0.15, -0.1) is 0 Å². The molecule has 3 N–H and O–H groups in total. The first-order valence-electron chi connectivity index (χ1n) is 6.16. The van der Waals surface area contributed by atoms with Crippen molar-refractivity contribution in [1.29, 1.82) is 0 Å². The Morgan fingerprint density at radius 3 is 3.00 bits per heavy atom. The van der Waals surface area contributed by atoms with Crippen molar-refractivity contribution in [2.75, 3.05) is 20.1 Å². The Kier molecular flexibility index (Phi) is 4.01. The van der Waals surface area contributed by atoms with Crippen molar-refractivity contribution in [2.45, 2.75) is 12.8 Å². The monoisotopic (exact) mass is 263 g/mol. The zero-order valence-electron chi connectivity index (χ0n) is 10.8. The number of amides is 1. The lowest BCUT2D eigenvalue weighted by Crippen LogP contribution is -2.30. The maximum Gasteiger partial charge on any atom is 0.417 e. The van der Waals surface area contributed by atoms with Crippen molar-refractivity contribution < 1.29 is 9.21 Å². The van der Waals surface area contributed by atoms with Crippen molar-refractivity contribution in [3.8, 4) is 0 Å². The summed E-state index contributed by atoms with van der Waals surface area (Å²) in [4.78, 5) is 26.9. The summed E-state index contributed by atoms with van der Waals surface area (Å²) in [6.45, 7) is 0.984. The second-order valence-electron chi connectivity index (χ2n) is 4.45. The van der Waals surface area contributed by atoms with Gasteiger partial charge in [0.25, 0.3) is 0 Å². The molecule has 0 saturated carbocycles. The van der Waals surface area contributed by atoms with Gasteiger partial charge in [0.1, 0.15) is 0 Å². The fourth-order valence-electron chi connectivity index (χ4n) is 1.89. The first-order chi connectivity index (χ1) is 9.10. The normalized spacial score (nSPS) is 10.8. The molecule has 6 heteroatoms. The Morgan fingerprint density at radius 1 is 1.47 bits per heavy atom. The molecule has 0 bridgehead atoms. The number of aromatic amines is 1. The molecule has 0 saturated heterocycles. The number of carbonyl (C=O) groups is 1. The Bertz CT molecular complexity index is 629. The van der Waals surface area contributed by atoms with Gasteiger partial charge in [0, 0.05) is 26.6 Å². The van der Waals surface area contributed by atoms with Gasteiger partial charge in [0.15, 0.2) is 5.58 Å². The highest BCUT2D eigenvalue weighted by Crippen LogP contribution is 2.12. The molecule has 2 rings (SSSR count). The van der Waals surface area contributed by atoms with Gasteiger partial charge >= 0.3 is 5.76 Å². The van der Waals surface area contributed by atoms with Crippen LogP contribution in [-0.4, -0.2) is 35.9 Å². The summed E-state index contributed by atoms with van der Waals surface area (Å²) in [7, 11) is 1.76. The summed E-state index contributed by atoms with van der Waals surface area (Å²) < 4.78 is 4.93. The largest absolute Gasteiger partial charge is 0.417 e. The van der Waals surface area contributed by atoms with E-state index in [-0.39, 0.29) is 5.91 Å². The van der Waals surface area contributed by atoms with Crippen LogP contribution in [0.25, 0.3) is 11.1 Å². The molecule has 102 valence electrons. The highest BCUT2D eigenvalue weighted by molar-refractivity contribution is 5.76. The van der Waals surface area contributed by atoms with E-state index in [4.69, 9.17) is 10.2 Å². The Labute approximate surface area is 110 Å². The fraction of sp³-hybridized carbons (Fsp3) is 0.385. The zero-order valence-corrected chi connectivity index (χ0v) is 10.8. The number of hydrogen-bond donors (Lipinski definition) is 2. The van der Waals surface area contributed by atoms with E-state index < -0.39 is 5.76 Å². The zero-order chi connectivity index (χ0) is 13.8. The topological polar surface area (TPSA) is 92.3 Å². The predicted molar refractivity (Wildman–Crippen MR) is 71.8 cm³/mol. The van der Waals surface area contributed by atoms with Crippen LogP contribution in [0.5, 0.6) is 0 Å². The Morgan fingerprint density at radius 2 is 2.26 bits per heavy atom. The smallest absolute Gasteiger partial charge is 0.408 e. The number of benzene rings is 1. The molecule has 1 aromatic heterocycles. The highest BCUT2D eigenvalue weighted by Gasteiger charge is 2.08. The van der Waals surface area contributed by atoms with Gasteiger partial charge < -0.3 is 15.1 Å². The van der Waals surface area contributed by atoms with E-state index in [1.165, 1.54) is 0 Å². The van der Waals surface area contributed by atoms with E-state index in [1.54, 1.807) is 18.0 Å². The SMILES string of the molecule is CN(CCc1ccc2oc(=O)[nH]c2c1)C(=O)CCN. The molecule has 0 aliphatic heterocycles. The quantitative estimate of drug-likeness (QED) is 0.820. The molecular weight excluding hydrogens is 246 g/mol. The molecule has 1 heterocycles. The molecule has 2 aromatic rings.